The summed E-state index contributed by atoms with van der Waals surface area (Å²) in [6, 6.07) is 4.51. The molecule has 112 valence electrons. The standard InChI is InChI=1S/C18H29NO/c1-12-10-15(18(3,4)5)11-13(2)16(12)17(20)14-6-8-19-9-7-14/h10-11,14,17,19-20H,6-9H2,1-5H3. The summed E-state index contributed by atoms with van der Waals surface area (Å²) in [5, 5.41) is 14.1. The van der Waals surface area contributed by atoms with Gasteiger partial charge in [-0.2, -0.15) is 0 Å². The van der Waals surface area contributed by atoms with Gasteiger partial charge in [-0.05, 0) is 73.4 Å². The Bertz CT molecular complexity index is 444. The Morgan fingerprint density at radius 2 is 1.60 bits per heavy atom. The first kappa shape index (κ1) is 15.5. The lowest BCUT2D eigenvalue weighted by Gasteiger charge is -2.30. The fourth-order valence-electron chi connectivity index (χ4n) is 3.27. The molecule has 1 heterocycles. The Morgan fingerprint density at radius 3 is 2.05 bits per heavy atom. The highest BCUT2D eigenvalue weighted by molar-refractivity contribution is 5.42. The second-order valence-corrected chi connectivity index (χ2v) is 7.31. The van der Waals surface area contributed by atoms with Gasteiger partial charge in [0.25, 0.3) is 0 Å². The first-order chi connectivity index (χ1) is 9.30. The van der Waals surface area contributed by atoms with Crippen LogP contribution in [0.2, 0.25) is 0 Å². The maximum Gasteiger partial charge on any atom is 0.0824 e. The molecule has 1 aromatic rings. The van der Waals surface area contributed by atoms with E-state index in [-0.39, 0.29) is 11.5 Å². The lowest BCUT2D eigenvalue weighted by Crippen LogP contribution is -2.31. The monoisotopic (exact) mass is 275 g/mol. The van der Waals surface area contributed by atoms with Crippen molar-refractivity contribution in [3.8, 4) is 0 Å². The van der Waals surface area contributed by atoms with Crippen LogP contribution in [-0.4, -0.2) is 18.2 Å². The summed E-state index contributed by atoms with van der Waals surface area (Å²) in [5.74, 6) is 0.397. The van der Waals surface area contributed by atoms with Crippen molar-refractivity contribution in [3.63, 3.8) is 0 Å². The molecule has 0 spiro atoms. The molecule has 0 radical (unpaired) electrons. The van der Waals surface area contributed by atoms with E-state index in [4.69, 9.17) is 0 Å². The summed E-state index contributed by atoms with van der Waals surface area (Å²) in [7, 11) is 0. The van der Waals surface area contributed by atoms with Crippen molar-refractivity contribution in [1.82, 2.24) is 5.32 Å². The molecule has 20 heavy (non-hydrogen) atoms. The number of hydrogen-bond acceptors (Lipinski definition) is 2. The van der Waals surface area contributed by atoms with E-state index >= 15 is 0 Å². The summed E-state index contributed by atoms with van der Waals surface area (Å²) >= 11 is 0. The van der Waals surface area contributed by atoms with Gasteiger partial charge in [0.1, 0.15) is 0 Å². The van der Waals surface area contributed by atoms with Gasteiger partial charge in [-0.15, -0.1) is 0 Å². The van der Waals surface area contributed by atoms with Gasteiger partial charge >= 0.3 is 0 Å². The fraction of sp³-hybridized carbons (Fsp3) is 0.667. The van der Waals surface area contributed by atoms with Crippen molar-refractivity contribution in [2.24, 2.45) is 5.92 Å². The Morgan fingerprint density at radius 1 is 1.10 bits per heavy atom. The van der Waals surface area contributed by atoms with E-state index in [0.29, 0.717) is 5.92 Å². The molecule has 2 N–H and O–H groups in total. The molecule has 1 unspecified atom stereocenters. The van der Waals surface area contributed by atoms with Gasteiger partial charge in [0.2, 0.25) is 0 Å². The van der Waals surface area contributed by atoms with Crippen molar-refractivity contribution in [2.45, 2.75) is 59.0 Å². The zero-order valence-corrected chi connectivity index (χ0v) is 13.6. The highest BCUT2D eigenvalue weighted by atomic mass is 16.3. The molecule has 2 rings (SSSR count). The minimum atomic E-state index is -0.314. The highest BCUT2D eigenvalue weighted by Crippen LogP contribution is 2.35. The number of nitrogens with one attached hydrogen (secondary N) is 1. The minimum absolute atomic E-state index is 0.160. The zero-order valence-electron chi connectivity index (χ0n) is 13.6. The van der Waals surface area contributed by atoms with Crippen LogP contribution in [0.3, 0.4) is 0 Å². The number of rotatable bonds is 2. The smallest absolute Gasteiger partial charge is 0.0824 e. The average Bonchev–Trinajstić information content (AvgIpc) is 2.37. The van der Waals surface area contributed by atoms with E-state index in [2.05, 4.69) is 52.1 Å². The minimum Gasteiger partial charge on any atom is -0.388 e. The number of aliphatic hydroxyl groups is 1. The molecule has 1 aliphatic heterocycles. The first-order valence-electron chi connectivity index (χ1n) is 7.81. The van der Waals surface area contributed by atoms with Crippen molar-refractivity contribution >= 4 is 0 Å². The van der Waals surface area contributed by atoms with Crippen LogP contribution >= 0.6 is 0 Å². The molecule has 1 atom stereocenters. The molecular weight excluding hydrogens is 246 g/mol. The molecule has 2 nitrogen and oxygen atoms in total. The molecule has 0 aromatic heterocycles. The Balaban J connectivity index is 2.32. The molecule has 0 amide bonds. The van der Waals surface area contributed by atoms with E-state index in [1.807, 2.05) is 0 Å². The second kappa shape index (κ2) is 5.87. The Kier molecular flexibility index (Phi) is 4.55. The van der Waals surface area contributed by atoms with Gasteiger partial charge in [-0.3, -0.25) is 0 Å². The van der Waals surface area contributed by atoms with Crippen LogP contribution in [0.25, 0.3) is 0 Å². The number of hydrogen-bond donors (Lipinski definition) is 2. The molecule has 0 saturated carbocycles. The predicted molar refractivity (Wildman–Crippen MR) is 85.2 cm³/mol. The van der Waals surface area contributed by atoms with E-state index in [1.165, 1.54) is 16.7 Å². The molecule has 1 aliphatic rings. The summed E-state index contributed by atoms with van der Waals surface area (Å²) in [6.07, 6.45) is 1.83. The lowest BCUT2D eigenvalue weighted by molar-refractivity contribution is 0.0878. The molecule has 1 fully saturated rings. The van der Waals surface area contributed by atoms with E-state index < -0.39 is 0 Å². The van der Waals surface area contributed by atoms with Gasteiger partial charge < -0.3 is 10.4 Å². The van der Waals surface area contributed by atoms with Gasteiger partial charge in [0.05, 0.1) is 6.10 Å². The molecule has 0 aliphatic carbocycles. The Hall–Kier alpha value is -0.860. The third-order valence-corrected chi connectivity index (χ3v) is 4.59. The fourth-order valence-corrected chi connectivity index (χ4v) is 3.27. The van der Waals surface area contributed by atoms with Crippen LogP contribution in [0.15, 0.2) is 12.1 Å². The van der Waals surface area contributed by atoms with Crippen LogP contribution in [0, 0.1) is 19.8 Å². The van der Waals surface area contributed by atoms with Crippen molar-refractivity contribution < 1.29 is 5.11 Å². The maximum atomic E-state index is 10.8. The number of aliphatic hydroxyl groups excluding tert-OH is 1. The molecule has 1 saturated heterocycles. The van der Waals surface area contributed by atoms with Crippen molar-refractivity contribution in [2.75, 3.05) is 13.1 Å². The third kappa shape index (κ3) is 3.24. The topological polar surface area (TPSA) is 32.3 Å². The lowest BCUT2D eigenvalue weighted by atomic mass is 9.80. The van der Waals surface area contributed by atoms with Gasteiger partial charge in [0, 0.05) is 0 Å². The number of benzene rings is 1. The van der Waals surface area contributed by atoms with Crippen molar-refractivity contribution in [1.29, 1.82) is 0 Å². The zero-order chi connectivity index (χ0) is 14.9. The average molecular weight is 275 g/mol. The second-order valence-electron chi connectivity index (χ2n) is 7.31. The number of piperidine rings is 1. The molecular formula is C18H29NO. The normalized spacial score (nSPS) is 19.1. The van der Waals surface area contributed by atoms with Crippen LogP contribution < -0.4 is 5.32 Å². The van der Waals surface area contributed by atoms with Gasteiger partial charge in [0.15, 0.2) is 0 Å². The summed E-state index contributed by atoms with van der Waals surface area (Å²) in [4.78, 5) is 0. The summed E-state index contributed by atoms with van der Waals surface area (Å²) < 4.78 is 0. The highest BCUT2D eigenvalue weighted by Gasteiger charge is 2.26. The SMILES string of the molecule is Cc1cc(C(C)(C)C)cc(C)c1C(O)C1CCNCC1. The Labute approximate surface area is 123 Å². The van der Waals surface area contributed by atoms with E-state index in [9.17, 15) is 5.11 Å². The van der Waals surface area contributed by atoms with Gasteiger partial charge in [-0.25, -0.2) is 0 Å². The van der Waals surface area contributed by atoms with Crippen LogP contribution in [0.1, 0.15) is 62.0 Å². The predicted octanol–water partition coefficient (Wildman–Crippen LogP) is 3.63. The quantitative estimate of drug-likeness (QED) is 0.864. The van der Waals surface area contributed by atoms with Crippen molar-refractivity contribution in [3.05, 3.63) is 34.4 Å². The summed E-state index contributed by atoms with van der Waals surface area (Å²) in [5.41, 5.74) is 5.15. The van der Waals surface area contributed by atoms with E-state index in [0.717, 1.165) is 31.5 Å². The molecule has 2 heteroatoms. The first-order valence-corrected chi connectivity index (χ1v) is 7.81. The largest absolute Gasteiger partial charge is 0.388 e. The van der Waals surface area contributed by atoms with E-state index in [1.54, 1.807) is 0 Å². The van der Waals surface area contributed by atoms with Crippen LogP contribution in [0.4, 0.5) is 0 Å². The molecule has 0 bridgehead atoms. The number of aryl methyl sites for hydroxylation is 2. The maximum absolute atomic E-state index is 10.8. The van der Waals surface area contributed by atoms with Gasteiger partial charge in [-0.1, -0.05) is 32.9 Å². The third-order valence-electron chi connectivity index (χ3n) is 4.59. The molecule has 1 aromatic carbocycles. The summed E-state index contributed by atoms with van der Waals surface area (Å²) in [6.45, 7) is 13.1. The van der Waals surface area contributed by atoms with Crippen LogP contribution in [0.5, 0.6) is 0 Å². The van der Waals surface area contributed by atoms with Crippen LogP contribution in [-0.2, 0) is 5.41 Å².